The summed E-state index contributed by atoms with van der Waals surface area (Å²) in [5.41, 5.74) is 1.90. The van der Waals surface area contributed by atoms with E-state index in [2.05, 4.69) is 12.2 Å². The predicted octanol–water partition coefficient (Wildman–Crippen LogP) is 2.35. The SMILES string of the molecule is CCNC(=O)CCC(=O)c1ccc(CC)cc1. The summed E-state index contributed by atoms with van der Waals surface area (Å²) in [5.74, 6) is -0.0371. The average molecular weight is 233 g/mol. The van der Waals surface area contributed by atoms with Crippen molar-refractivity contribution in [2.75, 3.05) is 6.54 Å². The van der Waals surface area contributed by atoms with Crippen LogP contribution in [0.3, 0.4) is 0 Å². The Morgan fingerprint density at radius 2 is 1.71 bits per heavy atom. The van der Waals surface area contributed by atoms with Crippen molar-refractivity contribution < 1.29 is 9.59 Å². The minimum atomic E-state index is -0.0639. The Labute approximate surface area is 102 Å². The number of hydrogen-bond acceptors (Lipinski definition) is 2. The van der Waals surface area contributed by atoms with Crippen LogP contribution in [0.1, 0.15) is 42.6 Å². The number of hydrogen-bond donors (Lipinski definition) is 1. The van der Waals surface area contributed by atoms with E-state index >= 15 is 0 Å². The number of rotatable bonds is 6. The molecule has 0 bridgehead atoms. The van der Waals surface area contributed by atoms with Gasteiger partial charge in [-0.05, 0) is 18.9 Å². The summed E-state index contributed by atoms with van der Waals surface area (Å²) in [6.45, 7) is 4.55. The summed E-state index contributed by atoms with van der Waals surface area (Å²) >= 11 is 0. The molecule has 0 aliphatic carbocycles. The van der Waals surface area contributed by atoms with Gasteiger partial charge in [0.25, 0.3) is 0 Å². The second-order valence-corrected chi connectivity index (χ2v) is 3.93. The molecule has 92 valence electrons. The molecule has 0 unspecified atom stereocenters. The molecule has 1 amide bonds. The van der Waals surface area contributed by atoms with Crippen LogP contribution in [0.5, 0.6) is 0 Å². The third kappa shape index (κ3) is 4.39. The molecule has 0 aromatic heterocycles. The summed E-state index contributed by atoms with van der Waals surface area (Å²) in [4.78, 5) is 23.0. The van der Waals surface area contributed by atoms with Gasteiger partial charge in [0, 0.05) is 24.9 Å². The van der Waals surface area contributed by atoms with Gasteiger partial charge in [-0.3, -0.25) is 9.59 Å². The van der Waals surface area contributed by atoms with E-state index in [0.29, 0.717) is 12.1 Å². The zero-order chi connectivity index (χ0) is 12.7. The second-order valence-electron chi connectivity index (χ2n) is 3.93. The first-order chi connectivity index (χ1) is 8.17. The highest BCUT2D eigenvalue weighted by Gasteiger charge is 2.08. The smallest absolute Gasteiger partial charge is 0.220 e. The van der Waals surface area contributed by atoms with E-state index in [1.807, 2.05) is 31.2 Å². The minimum absolute atomic E-state index is 0.0268. The van der Waals surface area contributed by atoms with Crippen LogP contribution < -0.4 is 5.32 Å². The van der Waals surface area contributed by atoms with Gasteiger partial charge >= 0.3 is 0 Å². The first-order valence-corrected chi connectivity index (χ1v) is 6.06. The summed E-state index contributed by atoms with van der Waals surface area (Å²) in [7, 11) is 0. The fraction of sp³-hybridized carbons (Fsp3) is 0.429. The van der Waals surface area contributed by atoms with Gasteiger partial charge in [0.2, 0.25) is 5.91 Å². The van der Waals surface area contributed by atoms with Gasteiger partial charge < -0.3 is 5.32 Å². The molecule has 0 saturated heterocycles. The maximum atomic E-state index is 11.8. The van der Waals surface area contributed by atoms with Crippen LogP contribution in [-0.2, 0) is 11.2 Å². The minimum Gasteiger partial charge on any atom is -0.356 e. The summed E-state index contributed by atoms with van der Waals surface area (Å²) < 4.78 is 0. The van der Waals surface area contributed by atoms with E-state index in [9.17, 15) is 9.59 Å². The van der Waals surface area contributed by atoms with E-state index in [1.54, 1.807) is 0 Å². The molecular weight excluding hydrogens is 214 g/mol. The van der Waals surface area contributed by atoms with Crippen molar-refractivity contribution in [2.24, 2.45) is 0 Å². The summed E-state index contributed by atoms with van der Waals surface area (Å²) in [5, 5.41) is 2.68. The molecule has 0 radical (unpaired) electrons. The van der Waals surface area contributed by atoms with Gasteiger partial charge in [0.05, 0.1) is 0 Å². The fourth-order valence-corrected chi connectivity index (χ4v) is 1.58. The Kier molecular flexibility index (Phi) is 5.40. The fourth-order valence-electron chi connectivity index (χ4n) is 1.58. The Hall–Kier alpha value is -1.64. The molecule has 0 saturated carbocycles. The average Bonchev–Trinajstić information content (AvgIpc) is 2.36. The Bertz CT molecular complexity index is 382. The lowest BCUT2D eigenvalue weighted by atomic mass is 10.0. The van der Waals surface area contributed by atoms with Crippen molar-refractivity contribution in [2.45, 2.75) is 33.1 Å². The Morgan fingerprint density at radius 3 is 2.24 bits per heavy atom. The molecule has 3 heteroatoms. The maximum absolute atomic E-state index is 11.8. The number of aryl methyl sites for hydroxylation is 1. The lowest BCUT2D eigenvalue weighted by Gasteiger charge is -2.03. The molecule has 3 nitrogen and oxygen atoms in total. The van der Waals surface area contributed by atoms with Crippen LogP contribution in [0, 0.1) is 0 Å². The number of carbonyl (C=O) groups is 2. The third-order valence-corrected chi connectivity index (χ3v) is 2.64. The summed E-state index contributed by atoms with van der Waals surface area (Å²) in [6, 6.07) is 7.58. The highest BCUT2D eigenvalue weighted by Crippen LogP contribution is 2.08. The quantitative estimate of drug-likeness (QED) is 0.767. The van der Waals surface area contributed by atoms with Gasteiger partial charge in [-0.15, -0.1) is 0 Å². The van der Waals surface area contributed by atoms with Crippen LogP contribution in [0.4, 0.5) is 0 Å². The van der Waals surface area contributed by atoms with Crippen LogP contribution in [-0.4, -0.2) is 18.2 Å². The zero-order valence-corrected chi connectivity index (χ0v) is 10.5. The number of carbonyl (C=O) groups excluding carboxylic acids is 2. The van der Waals surface area contributed by atoms with Crippen LogP contribution in [0.15, 0.2) is 24.3 Å². The van der Waals surface area contributed by atoms with Gasteiger partial charge in [0.1, 0.15) is 0 Å². The van der Waals surface area contributed by atoms with Crippen molar-refractivity contribution in [1.29, 1.82) is 0 Å². The van der Waals surface area contributed by atoms with Crippen molar-refractivity contribution in [1.82, 2.24) is 5.32 Å². The topological polar surface area (TPSA) is 46.2 Å². The Morgan fingerprint density at radius 1 is 1.06 bits per heavy atom. The molecule has 0 aliphatic heterocycles. The molecule has 0 fully saturated rings. The van der Waals surface area contributed by atoms with E-state index in [1.165, 1.54) is 5.56 Å². The van der Waals surface area contributed by atoms with Gasteiger partial charge in [-0.1, -0.05) is 31.2 Å². The number of benzene rings is 1. The maximum Gasteiger partial charge on any atom is 0.220 e. The standard InChI is InChI=1S/C14H19NO2/c1-3-11-5-7-12(8-6-11)13(16)9-10-14(17)15-4-2/h5-8H,3-4,9-10H2,1-2H3,(H,15,17). The monoisotopic (exact) mass is 233 g/mol. The van der Waals surface area contributed by atoms with Crippen LogP contribution in [0.2, 0.25) is 0 Å². The molecule has 1 N–H and O–H groups in total. The highest BCUT2D eigenvalue weighted by atomic mass is 16.2. The van der Waals surface area contributed by atoms with E-state index < -0.39 is 0 Å². The molecule has 1 rings (SSSR count). The van der Waals surface area contributed by atoms with Crippen molar-refractivity contribution >= 4 is 11.7 Å². The molecule has 0 spiro atoms. The molecule has 0 aliphatic rings. The van der Waals surface area contributed by atoms with Crippen LogP contribution in [0.25, 0.3) is 0 Å². The summed E-state index contributed by atoms with van der Waals surface area (Å²) in [6.07, 6.45) is 1.51. The van der Waals surface area contributed by atoms with E-state index in [0.717, 1.165) is 6.42 Å². The highest BCUT2D eigenvalue weighted by molar-refractivity contribution is 5.97. The first kappa shape index (κ1) is 13.4. The molecule has 17 heavy (non-hydrogen) atoms. The number of ketones is 1. The van der Waals surface area contributed by atoms with Crippen molar-refractivity contribution in [3.8, 4) is 0 Å². The molecule has 0 atom stereocenters. The Balaban J connectivity index is 2.49. The predicted molar refractivity (Wildman–Crippen MR) is 68.1 cm³/mol. The molecule has 1 aromatic rings. The van der Waals surface area contributed by atoms with Gasteiger partial charge in [-0.25, -0.2) is 0 Å². The van der Waals surface area contributed by atoms with Gasteiger partial charge in [-0.2, -0.15) is 0 Å². The second kappa shape index (κ2) is 6.84. The molecular formula is C14H19NO2. The number of amides is 1. The van der Waals surface area contributed by atoms with Crippen molar-refractivity contribution in [3.05, 3.63) is 35.4 Å². The largest absolute Gasteiger partial charge is 0.356 e. The third-order valence-electron chi connectivity index (χ3n) is 2.64. The number of Topliss-reactive ketones (excluding diaryl/α,β-unsaturated/α-hetero) is 1. The lowest BCUT2D eigenvalue weighted by Crippen LogP contribution is -2.23. The molecule has 0 heterocycles. The van der Waals surface area contributed by atoms with Crippen molar-refractivity contribution in [3.63, 3.8) is 0 Å². The van der Waals surface area contributed by atoms with Crippen LogP contribution >= 0.6 is 0 Å². The van der Waals surface area contributed by atoms with E-state index in [4.69, 9.17) is 0 Å². The van der Waals surface area contributed by atoms with Gasteiger partial charge in [0.15, 0.2) is 5.78 Å². The number of nitrogens with one attached hydrogen (secondary N) is 1. The zero-order valence-electron chi connectivity index (χ0n) is 10.5. The van der Waals surface area contributed by atoms with E-state index in [-0.39, 0.29) is 24.5 Å². The molecule has 1 aromatic carbocycles. The first-order valence-electron chi connectivity index (χ1n) is 6.06. The lowest BCUT2D eigenvalue weighted by molar-refractivity contribution is -0.120. The normalized spacial score (nSPS) is 10.0.